The number of aliphatic hydroxyl groups excluding tert-OH is 1. The van der Waals surface area contributed by atoms with Gasteiger partial charge in [0.2, 0.25) is 11.7 Å². The molecule has 1 aliphatic heterocycles. The van der Waals surface area contributed by atoms with Crippen molar-refractivity contribution >= 4 is 6.03 Å². The average molecular weight is 342 g/mol. The number of hydrogen-bond acceptors (Lipinski definition) is 5. The quantitative estimate of drug-likeness (QED) is 0.891. The van der Waals surface area contributed by atoms with Crippen LogP contribution in [0.5, 0.6) is 0 Å². The van der Waals surface area contributed by atoms with Crippen LogP contribution in [0.2, 0.25) is 0 Å². The number of aryl methyl sites for hydroxylation is 2. The molecule has 0 bridgehead atoms. The van der Waals surface area contributed by atoms with Crippen molar-refractivity contribution in [3.63, 3.8) is 0 Å². The average Bonchev–Trinajstić information content (AvgIpc) is 3.34. The van der Waals surface area contributed by atoms with Crippen molar-refractivity contribution in [1.29, 1.82) is 0 Å². The van der Waals surface area contributed by atoms with Crippen LogP contribution in [0.25, 0.3) is 11.4 Å². The zero-order chi connectivity index (χ0) is 17.4. The number of β-amino-alcohol motifs (C(OH)–C–C–N with tert-alkyl or cyclic N) is 1. The molecule has 4 rings (SSSR count). The number of aliphatic hydroxyl groups is 1. The highest BCUT2D eigenvalue weighted by Gasteiger charge is 2.29. The molecule has 25 heavy (non-hydrogen) atoms. The van der Waals surface area contributed by atoms with Crippen molar-refractivity contribution in [2.24, 2.45) is 0 Å². The fourth-order valence-electron chi connectivity index (χ4n) is 3.59. The molecule has 2 aromatic rings. The Morgan fingerprint density at radius 1 is 1.44 bits per heavy atom. The molecule has 0 saturated carbocycles. The summed E-state index contributed by atoms with van der Waals surface area (Å²) in [7, 11) is 0. The number of hydrogen-bond donors (Lipinski definition) is 2. The highest BCUT2D eigenvalue weighted by atomic mass is 16.5. The molecule has 1 saturated heterocycles. The first kappa shape index (κ1) is 16.1. The molecule has 2 aliphatic rings. The Kier molecular flexibility index (Phi) is 4.17. The second-order valence-corrected chi connectivity index (χ2v) is 6.71. The van der Waals surface area contributed by atoms with Crippen molar-refractivity contribution in [2.75, 3.05) is 13.1 Å². The molecular weight excluding hydrogens is 320 g/mol. The Bertz CT molecular complexity index is 788. The molecule has 2 N–H and O–H groups in total. The first-order valence-corrected chi connectivity index (χ1v) is 8.83. The van der Waals surface area contributed by atoms with Crippen molar-refractivity contribution in [1.82, 2.24) is 20.4 Å². The maximum atomic E-state index is 12.4. The maximum absolute atomic E-state index is 12.4. The number of urea groups is 1. The SMILES string of the molecule is CCc1nc(-c2ccc3c(c2)CC[C@H]3NC(=O)N2CCC(O)C2)no1. The van der Waals surface area contributed by atoms with E-state index in [0.717, 1.165) is 30.4 Å². The van der Waals surface area contributed by atoms with E-state index in [1.807, 2.05) is 19.1 Å². The highest BCUT2D eigenvalue weighted by Crippen LogP contribution is 2.34. The van der Waals surface area contributed by atoms with E-state index >= 15 is 0 Å². The van der Waals surface area contributed by atoms with Crippen LogP contribution in [-0.2, 0) is 12.8 Å². The van der Waals surface area contributed by atoms with Crippen LogP contribution >= 0.6 is 0 Å². The van der Waals surface area contributed by atoms with Gasteiger partial charge in [-0.2, -0.15) is 4.98 Å². The number of nitrogens with zero attached hydrogens (tertiary/aromatic N) is 3. The van der Waals surface area contributed by atoms with E-state index in [4.69, 9.17) is 4.52 Å². The lowest BCUT2D eigenvalue weighted by Crippen LogP contribution is -2.40. The largest absolute Gasteiger partial charge is 0.391 e. The number of fused-ring (bicyclic) bond motifs is 1. The van der Waals surface area contributed by atoms with Crippen molar-refractivity contribution in [3.8, 4) is 11.4 Å². The van der Waals surface area contributed by atoms with Gasteiger partial charge in [0.15, 0.2) is 0 Å². The van der Waals surface area contributed by atoms with Crippen LogP contribution in [0.15, 0.2) is 22.7 Å². The first-order valence-electron chi connectivity index (χ1n) is 8.83. The number of amides is 2. The predicted molar refractivity (Wildman–Crippen MR) is 90.9 cm³/mol. The summed E-state index contributed by atoms with van der Waals surface area (Å²) in [5.41, 5.74) is 3.31. The van der Waals surface area contributed by atoms with Gasteiger partial charge in [0, 0.05) is 25.1 Å². The minimum absolute atomic E-state index is 0.0192. The lowest BCUT2D eigenvalue weighted by atomic mass is 10.0. The van der Waals surface area contributed by atoms with Crippen LogP contribution in [0.1, 0.15) is 42.8 Å². The molecule has 1 unspecified atom stereocenters. The maximum Gasteiger partial charge on any atom is 0.317 e. The standard InChI is InChI=1S/C18H22N4O3/c1-2-16-20-17(21-25-16)12-3-5-14-11(9-12)4-6-15(14)19-18(24)22-8-7-13(23)10-22/h3,5,9,13,15,23H,2,4,6-8,10H2,1H3,(H,19,24)/t13?,15-/m1/s1. The Morgan fingerprint density at radius 3 is 3.04 bits per heavy atom. The third kappa shape index (κ3) is 3.11. The Labute approximate surface area is 146 Å². The van der Waals surface area contributed by atoms with Gasteiger partial charge in [0.1, 0.15) is 0 Å². The van der Waals surface area contributed by atoms with Gasteiger partial charge in [-0.25, -0.2) is 4.79 Å². The minimum atomic E-state index is -0.396. The van der Waals surface area contributed by atoms with Crippen LogP contribution in [0.3, 0.4) is 0 Å². The van der Waals surface area contributed by atoms with Crippen molar-refractivity contribution in [3.05, 3.63) is 35.2 Å². The number of carbonyl (C=O) groups excluding carboxylic acids is 1. The van der Waals surface area contributed by atoms with E-state index in [1.54, 1.807) is 4.90 Å². The summed E-state index contributed by atoms with van der Waals surface area (Å²) in [4.78, 5) is 18.4. The molecule has 132 valence electrons. The van der Waals surface area contributed by atoms with E-state index in [0.29, 0.717) is 31.2 Å². The third-order valence-corrected chi connectivity index (χ3v) is 5.00. The van der Waals surface area contributed by atoms with Gasteiger partial charge in [-0.1, -0.05) is 24.2 Å². The summed E-state index contributed by atoms with van der Waals surface area (Å²) in [6.07, 6.45) is 2.77. The number of nitrogens with one attached hydrogen (secondary N) is 1. The summed E-state index contributed by atoms with van der Waals surface area (Å²) >= 11 is 0. The molecular formula is C18H22N4O3. The van der Waals surface area contributed by atoms with Crippen LogP contribution in [-0.4, -0.2) is 45.4 Å². The molecule has 2 atom stereocenters. The Balaban J connectivity index is 1.48. The van der Waals surface area contributed by atoms with E-state index in [-0.39, 0.29) is 12.1 Å². The Morgan fingerprint density at radius 2 is 2.32 bits per heavy atom. The first-order chi connectivity index (χ1) is 12.1. The van der Waals surface area contributed by atoms with Crippen LogP contribution in [0.4, 0.5) is 4.79 Å². The van der Waals surface area contributed by atoms with Gasteiger partial charge in [0.25, 0.3) is 0 Å². The van der Waals surface area contributed by atoms with Crippen LogP contribution < -0.4 is 5.32 Å². The molecule has 1 aromatic heterocycles. The molecule has 0 radical (unpaired) electrons. The lowest BCUT2D eigenvalue weighted by Gasteiger charge is -2.21. The van der Waals surface area contributed by atoms with E-state index in [2.05, 4.69) is 21.5 Å². The molecule has 1 aliphatic carbocycles. The minimum Gasteiger partial charge on any atom is -0.391 e. The van der Waals surface area contributed by atoms with Gasteiger partial charge in [0.05, 0.1) is 12.1 Å². The predicted octanol–water partition coefficient (Wildman–Crippen LogP) is 2.06. The van der Waals surface area contributed by atoms with Gasteiger partial charge in [-0.3, -0.25) is 0 Å². The zero-order valence-electron chi connectivity index (χ0n) is 14.2. The summed E-state index contributed by atoms with van der Waals surface area (Å²) in [5, 5.41) is 16.7. The van der Waals surface area contributed by atoms with Crippen molar-refractivity contribution < 1.29 is 14.4 Å². The lowest BCUT2D eigenvalue weighted by molar-refractivity contribution is 0.170. The molecule has 7 nitrogen and oxygen atoms in total. The fraction of sp³-hybridized carbons (Fsp3) is 0.500. The number of rotatable bonds is 3. The van der Waals surface area contributed by atoms with Crippen molar-refractivity contribution in [2.45, 2.75) is 44.8 Å². The smallest absolute Gasteiger partial charge is 0.317 e. The molecule has 7 heteroatoms. The summed E-state index contributed by atoms with van der Waals surface area (Å²) in [6.45, 7) is 3.01. The molecule has 1 fully saturated rings. The normalized spacial score (nSPS) is 22.2. The molecule has 2 amide bonds. The van der Waals surface area contributed by atoms with E-state index in [1.165, 1.54) is 5.56 Å². The summed E-state index contributed by atoms with van der Waals surface area (Å²) in [6, 6.07) is 6.04. The van der Waals surface area contributed by atoms with E-state index < -0.39 is 6.10 Å². The van der Waals surface area contributed by atoms with Gasteiger partial charge < -0.3 is 19.8 Å². The van der Waals surface area contributed by atoms with E-state index in [9.17, 15) is 9.90 Å². The highest BCUT2D eigenvalue weighted by molar-refractivity contribution is 5.75. The summed E-state index contributed by atoms with van der Waals surface area (Å²) < 4.78 is 5.18. The summed E-state index contributed by atoms with van der Waals surface area (Å²) in [5.74, 6) is 1.24. The molecule has 0 spiro atoms. The van der Waals surface area contributed by atoms with Gasteiger partial charge in [-0.05, 0) is 36.5 Å². The van der Waals surface area contributed by atoms with Gasteiger partial charge in [-0.15, -0.1) is 0 Å². The topological polar surface area (TPSA) is 91.5 Å². The number of aromatic nitrogens is 2. The third-order valence-electron chi connectivity index (χ3n) is 5.00. The monoisotopic (exact) mass is 342 g/mol. The molecule has 2 heterocycles. The number of likely N-dealkylation sites (tertiary alicyclic amines) is 1. The second kappa shape index (κ2) is 6.48. The molecule has 1 aromatic carbocycles. The Hall–Kier alpha value is -2.41. The second-order valence-electron chi connectivity index (χ2n) is 6.71. The fourth-order valence-corrected chi connectivity index (χ4v) is 3.59. The zero-order valence-corrected chi connectivity index (χ0v) is 14.2. The number of carbonyl (C=O) groups is 1. The van der Waals surface area contributed by atoms with Crippen LogP contribution in [0, 0.1) is 0 Å². The number of benzene rings is 1. The van der Waals surface area contributed by atoms with Gasteiger partial charge >= 0.3 is 6.03 Å².